The second-order valence-corrected chi connectivity index (χ2v) is 5.98. The molecule has 1 aromatic carbocycles. The number of nitro groups is 1. The highest BCUT2D eigenvalue weighted by atomic mass is 32.1. The van der Waals surface area contributed by atoms with Crippen molar-refractivity contribution >= 4 is 44.3 Å². The Kier molecular flexibility index (Phi) is 3.37. The van der Waals surface area contributed by atoms with Crippen molar-refractivity contribution < 1.29 is 4.92 Å². The Balaban J connectivity index is 1.96. The van der Waals surface area contributed by atoms with E-state index in [1.165, 1.54) is 16.9 Å². The van der Waals surface area contributed by atoms with Crippen LogP contribution < -0.4 is 5.32 Å². The summed E-state index contributed by atoms with van der Waals surface area (Å²) in [6.07, 6.45) is 0. The molecule has 1 N–H and O–H groups in total. The molecule has 0 aliphatic heterocycles. The van der Waals surface area contributed by atoms with Gasteiger partial charge in [0.1, 0.15) is 5.69 Å². The van der Waals surface area contributed by atoms with E-state index in [9.17, 15) is 10.1 Å². The quantitative estimate of drug-likeness (QED) is 0.580. The van der Waals surface area contributed by atoms with Gasteiger partial charge in [0, 0.05) is 6.54 Å². The van der Waals surface area contributed by atoms with Crippen LogP contribution in [-0.4, -0.2) is 9.91 Å². The second kappa shape index (κ2) is 5.18. The van der Waals surface area contributed by atoms with Crippen LogP contribution in [-0.2, 0) is 6.54 Å². The summed E-state index contributed by atoms with van der Waals surface area (Å²) in [5.41, 5.74) is 5.00. The highest BCUT2D eigenvalue weighted by Crippen LogP contribution is 2.34. The lowest BCUT2D eigenvalue weighted by molar-refractivity contribution is -0.382. The number of nitro benzene ring substituents is 1. The van der Waals surface area contributed by atoms with E-state index in [4.69, 9.17) is 0 Å². The molecule has 0 saturated carbocycles. The Labute approximate surface area is 123 Å². The smallest absolute Gasteiger partial charge is 0.319 e. The molecule has 0 saturated heterocycles. The van der Waals surface area contributed by atoms with Gasteiger partial charge < -0.3 is 5.32 Å². The number of anilines is 1. The summed E-state index contributed by atoms with van der Waals surface area (Å²) in [5, 5.41) is 18.6. The first-order chi connectivity index (χ1) is 9.66. The predicted molar refractivity (Wildman–Crippen MR) is 82.7 cm³/mol. The van der Waals surface area contributed by atoms with E-state index < -0.39 is 0 Å². The first-order valence-electron chi connectivity index (χ1n) is 5.93. The fourth-order valence-corrected chi connectivity index (χ4v) is 3.54. The van der Waals surface area contributed by atoms with Crippen molar-refractivity contribution in [3.05, 3.63) is 49.6 Å². The van der Waals surface area contributed by atoms with Crippen LogP contribution in [0.3, 0.4) is 0 Å². The molecule has 3 rings (SSSR count). The van der Waals surface area contributed by atoms with Crippen molar-refractivity contribution in [3.63, 3.8) is 0 Å². The monoisotopic (exact) mass is 305 g/mol. The molecule has 5 nitrogen and oxygen atoms in total. The fraction of sp³-hybridized carbons (Fsp3) is 0.154. The van der Waals surface area contributed by atoms with Gasteiger partial charge in [0.2, 0.25) is 0 Å². The second-order valence-electron chi connectivity index (χ2n) is 4.35. The number of nitrogens with zero attached hydrogens (tertiary/aromatic N) is 2. The van der Waals surface area contributed by atoms with Crippen LogP contribution in [0.1, 0.15) is 11.1 Å². The molecule has 0 spiro atoms. The molecule has 0 atom stereocenters. The molecule has 7 heteroatoms. The molecule has 2 heterocycles. The van der Waals surface area contributed by atoms with Gasteiger partial charge in [-0.2, -0.15) is 11.3 Å². The third-order valence-corrected chi connectivity index (χ3v) is 4.79. The number of thiophene rings is 1. The summed E-state index contributed by atoms with van der Waals surface area (Å²) >= 11 is 3.04. The first kappa shape index (κ1) is 13.0. The maximum Gasteiger partial charge on any atom is 0.319 e. The van der Waals surface area contributed by atoms with E-state index in [0.717, 1.165) is 10.3 Å². The summed E-state index contributed by atoms with van der Waals surface area (Å²) in [6.45, 7) is 2.61. The third kappa shape index (κ3) is 2.25. The Hall–Kier alpha value is -1.99. The van der Waals surface area contributed by atoms with Gasteiger partial charge in [-0.1, -0.05) is 0 Å². The minimum atomic E-state index is -0.370. The number of rotatable bonds is 4. The molecule has 0 aliphatic rings. The van der Waals surface area contributed by atoms with Crippen LogP contribution >= 0.6 is 22.7 Å². The average molecular weight is 305 g/mol. The molecule has 20 heavy (non-hydrogen) atoms. The molecule has 2 aromatic heterocycles. The molecule has 3 aromatic rings. The maximum absolute atomic E-state index is 11.3. The van der Waals surface area contributed by atoms with Gasteiger partial charge in [0.05, 0.1) is 15.1 Å². The molecule has 0 fully saturated rings. The van der Waals surface area contributed by atoms with Crippen LogP contribution in [0.15, 0.2) is 28.4 Å². The lowest BCUT2D eigenvalue weighted by Crippen LogP contribution is -2.03. The number of hydrogen-bond acceptors (Lipinski definition) is 6. The number of benzene rings is 1. The predicted octanol–water partition coefficient (Wildman–Crippen LogP) is 4.19. The minimum absolute atomic E-state index is 0.0524. The van der Waals surface area contributed by atoms with Gasteiger partial charge in [-0.3, -0.25) is 10.1 Å². The zero-order valence-corrected chi connectivity index (χ0v) is 12.3. The average Bonchev–Trinajstić information content (AvgIpc) is 3.03. The van der Waals surface area contributed by atoms with Crippen LogP contribution in [0.25, 0.3) is 10.2 Å². The van der Waals surface area contributed by atoms with Gasteiger partial charge in [-0.15, -0.1) is 11.3 Å². The number of nitrogens with one attached hydrogen (secondary N) is 1. The number of hydrogen-bond donors (Lipinski definition) is 1. The van der Waals surface area contributed by atoms with Crippen LogP contribution in [0.5, 0.6) is 0 Å². The number of aryl methyl sites for hydroxylation is 1. The molecular weight excluding hydrogens is 294 g/mol. The van der Waals surface area contributed by atoms with Crippen molar-refractivity contribution in [2.45, 2.75) is 13.5 Å². The van der Waals surface area contributed by atoms with Crippen molar-refractivity contribution in [1.29, 1.82) is 0 Å². The SMILES string of the molecule is Cc1cscc1CNc1ccc2scnc2c1[N+](=O)[O-]. The minimum Gasteiger partial charge on any atom is -0.375 e. The molecule has 0 radical (unpaired) electrons. The van der Waals surface area contributed by atoms with Gasteiger partial charge in [0.25, 0.3) is 0 Å². The zero-order valence-electron chi connectivity index (χ0n) is 10.6. The molecular formula is C13H11N3O2S2. The molecule has 0 amide bonds. The summed E-state index contributed by atoms with van der Waals surface area (Å²) in [6, 6.07) is 3.61. The molecule has 0 unspecified atom stereocenters. The largest absolute Gasteiger partial charge is 0.375 e. The van der Waals surface area contributed by atoms with Gasteiger partial charge in [0.15, 0.2) is 5.52 Å². The first-order valence-corrected chi connectivity index (χ1v) is 7.75. The molecule has 0 aliphatic carbocycles. The Morgan fingerprint density at radius 2 is 2.25 bits per heavy atom. The Bertz CT molecular complexity index is 779. The summed E-state index contributed by atoms with van der Waals surface area (Å²) < 4.78 is 0.828. The van der Waals surface area contributed by atoms with E-state index in [-0.39, 0.29) is 10.6 Å². The Morgan fingerprint density at radius 1 is 1.40 bits per heavy atom. The van der Waals surface area contributed by atoms with Crippen molar-refractivity contribution in [2.24, 2.45) is 0 Å². The standard InChI is InChI=1S/C13H11N3O2S2/c1-8-5-19-6-9(8)4-14-10-2-3-11-12(15-7-20-11)13(10)16(17)18/h2-3,5-7,14H,4H2,1H3. The van der Waals surface area contributed by atoms with Gasteiger partial charge >= 0.3 is 5.69 Å². The lowest BCUT2D eigenvalue weighted by atomic mass is 10.2. The fourth-order valence-electron chi connectivity index (χ4n) is 2.00. The number of thiazole rings is 1. The molecule has 0 bridgehead atoms. The van der Waals surface area contributed by atoms with Gasteiger partial charge in [-0.25, -0.2) is 4.98 Å². The normalized spacial score (nSPS) is 10.8. The lowest BCUT2D eigenvalue weighted by Gasteiger charge is -2.07. The van der Waals surface area contributed by atoms with Gasteiger partial charge in [-0.05, 0) is 40.9 Å². The van der Waals surface area contributed by atoms with Crippen molar-refractivity contribution in [3.8, 4) is 0 Å². The summed E-state index contributed by atoms with van der Waals surface area (Å²) in [7, 11) is 0. The highest BCUT2D eigenvalue weighted by Gasteiger charge is 2.20. The van der Waals surface area contributed by atoms with Crippen molar-refractivity contribution in [2.75, 3.05) is 5.32 Å². The van der Waals surface area contributed by atoms with Crippen LogP contribution in [0.2, 0.25) is 0 Å². The third-order valence-electron chi connectivity index (χ3n) is 3.09. The maximum atomic E-state index is 11.3. The highest BCUT2D eigenvalue weighted by molar-refractivity contribution is 7.16. The topological polar surface area (TPSA) is 68.1 Å². The summed E-state index contributed by atoms with van der Waals surface area (Å²) in [5.74, 6) is 0. The number of fused-ring (bicyclic) bond motifs is 1. The Morgan fingerprint density at radius 3 is 2.95 bits per heavy atom. The van der Waals surface area contributed by atoms with Crippen LogP contribution in [0.4, 0.5) is 11.4 Å². The number of aromatic nitrogens is 1. The van der Waals surface area contributed by atoms with E-state index in [1.54, 1.807) is 22.9 Å². The molecule has 102 valence electrons. The van der Waals surface area contributed by atoms with E-state index in [1.807, 2.05) is 13.0 Å². The van der Waals surface area contributed by atoms with E-state index in [2.05, 4.69) is 21.1 Å². The van der Waals surface area contributed by atoms with E-state index >= 15 is 0 Å². The van der Waals surface area contributed by atoms with E-state index in [0.29, 0.717) is 17.7 Å². The zero-order chi connectivity index (χ0) is 14.1. The van der Waals surface area contributed by atoms with Crippen molar-refractivity contribution in [1.82, 2.24) is 4.98 Å². The van der Waals surface area contributed by atoms with Crippen LogP contribution in [0, 0.1) is 17.0 Å². The summed E-state index contributed by atoms with van der Waals surface area (Å²) in [4.78, 5) is 15.0.